The third-order valence-corrected chi connectivity index (χ3v) is 5.50. The van der Waals surface area contributed by atoms with Gasteiger partial charge in [0, 0.05) is 0 Å². The first-order chi connectivity index (χ1) is 14.9. The Morgan fingerprint density at radius 2 is 1.44 bits per heavy atom. The normalized spacial score (nSPS) is 11.7. The van der Waals surface area contributed by atoms with Crippen molar-refractivity contribution in [3.63, 3.8) is 0 Å². The Morgan fingerprint density at radius 3 is 1.88 bits per heavy atom. The smallest absolute Gasteiger partial charge is 0.344 e. The first-order valence-electron chi connectivity index (χ1n) is 9.65. The Balaban J connectivity index is 2.37. The fourth-order valence-electron chi connectivity index (χ4n) is 3.14. The van der Waals surface area contributed by atoms with Crippen molar-refractivity contribution >= 4 is 45.6 Å². The van der Waals surface area contributed by atoms with E-state index in [1.54, 1.807) is 12.1 Å². The number of ether oxygens (including phenoxy) is 2. The van der Waals surface area contributed by atoms with Crippen LogP contribution in [0.25, 0.3) is 0 Å². The van der Waals surface area contributed by atoms with Crippen LogP contribution in [0.5, 0.6) is 5.75 Å². The van der Waals surface area contributed by atoms with E-state index in [9.17, 15) is 18.0 Å². The minimum Gasteiger partial charge on any atom is -0.455 e. The fraction of sp³-hybridized carbons (Fsp3) is 0.333. The van der Waals surface area contributed by atoms with Crippen LogP contribution in [0.15, 0.2) is 36.4 Å². The third kappa shape index (κ3) is 6.74. The van der Waals surface area contributed by atoms with Gasteiger partial charge in [0.2, 0.25) is 0 Å². The molecule has 0 saturated heterocycles. The van der Waals surface area contributed by atoms with Gasteiger partial charge in [0.15, 0.2) is 0 Å². The number of carbonyl (C=O) groups excluding carboxylic acids is 2. The van der Waals surface area contributed by atoms with Gasteiger partial charge in [-0.05, 0) is 37.1 Å². The number of benzene rings is 2. The van der Waals surface area contributed by atoms with E-state index < -0.39 is 33.4 Å². The highest BCUT2D eigenvalue weighted by atomic mass is 32.2. The minimum absolute atomic E-state index is 0.0664. The number of carbonyl (C=O) groups is 2. The van der Waals surface area contributed by atoms with Gasteiger partial charge in [-0.1, -0.05) is 48.8 Å². The molecule has 162 valence electrons. The molecule has 0 saturated carbocycles. The van der Waals surface area contributed by atoms with Crippen molar-refractivity contribution in [2.75, 3.05) is 5.75 Å². The predicted molar refractivity (Wildman–Crippen MR) is 122 cm³/mol. The molecule has 0 bridgehead atoms. The highest BCUT2D eigenvalue weighted by Gasteiger charge is 2.31. The molecule has 0 unspecified atom stereocenters. The monoisotopic (exact) mass is 450 g/mol. The number of hydrogen-bond donors (Lipinski definition) is 1. The van der Waals surface area contributed by atoms with Crippen LogP contribution in [0.3, 0.4) is 0 Å². The van der Waals surface area contributed by atoms with E-state index in [-0.39, 0.29) is 35.8 Å². The van der Waals surface area contributed by atoms with Gasteiger partial charge in [-0.3, -0.25) is 4.55 Å². The lowest BCUT2D eigenvalue weighted by molar-refractivity contribution is 0.00751. The lowest BCUT2D eigenvalue weighted by Crippen LogP contribution is -2.36. The molecule has 2 aromatic rings. The fourth-order valence-corrected chi connectivity index (χ4v) is 4.08. The Labute approximate surface area is 191 Å². The Bertz CT molecular complexity index is 1090. The van der Waals surface area contributed by atoms with E-state index >= 15 is 0 Å². The third-order valence-electron chi connectivity index (χ3n) is 4.44. The van der Waals surface area contributed by atoms with Crippen LogP contribution < -0.4 is 4.74 Å². The molecule has 11 heteroatoms. The van der Waals surface area contributed by atoms with Gasteiger partial charge in [0.1, 0.15) is 17.1 Å². The van der Waals surface area contributed by atoms with Gasteiger partial charge in [-0.25, -0.2) is 9.59 Å². The number of esters is 2. The van der Waals surface area contributed by atoms with Gasteiger partial charge < -0.3 is 9.47 Å². The molecule has 1 N–H and O–H groups in total. The first-order valence-corrected chi connectivity index (χ1v) is 11.3. The average Bonchev–Trinajstić information content (AvgIpc) is 2.71. The van der Waals surface area contributed by atoms with Gasteiger partial charge in [-0.15, -0.1) is 0 Å². The maximum Gasteiger partial charge on any atom is 0.344 e. The second kappa shape index (κ2) is 10.4. The largest absolute Gasteiger partial charge is 0.455 e. The van der Waals surface area contributed by atoms with Gasteiger partial charge in [0.25, 0.3) is 10.1 Å². The van der Waals surface area contributed by atoms with Crippen LogP contribution in [-0.2, 0) is 33.8 Å². The molecule has 0 fully saturated rings. The van der Waals surface area contributed by atoms with Crippen LogP contribution >= 0.6 is 0 Å². The summed E-state index contributed by atoms with van der Waals surface area (Å²) >= 11 is 0. The SMILES string of the molecule is [B]Cc1cc(C[B])c(OC(=O)c2ccccc2C(=O)OC(C)(C)CS(=O)(=O)O)c(C[B])c1. The zero-order chi connectivity index (χ0) is 24.1. The summed E-state index contributed by atoms with van der Waals surface area (Å²) in [6, 6.07) is 9.16. The highest BCUT2D eigenvalue weighted by molar-refractivity contribution is 7.85. The predicted octanol–water partition coefficient (Wildman–Crippen LogP) is 1.73. The van der Waals surface area contributed by atoms with Crippen molar-refractivity contribution < 1.29 is 32.0 Å². The van der Waals surface area contributed by atoms with Crippen molar-refractivity contribution in [3.05, 3.63) is 64.2 Å². The summed E-state index contributed by atoms with van der Waals surface area (Å²) in [5.74, 6) is -2.43. The van der Waals surface area contributed by atoms with Crippen molar-refractivity contribution in [1.82, 2.24) is 0 Å². The Kier molecular flexibility index (Phi) is 8.37. The van der Waals surface area contributed by atoms with Gasteiger partial charge >= 0.3 is 11.9 Å². The molecule has 0 atom stereocenters. The molecule has 0 aliphatic carbocycles. The Hall–Kier alpha value is -2.52. The summed E-state index contributed by atoms with van der Waals surface area (Å²) in [6.07, 6.45) is 0.385. The molecular formula is C21H21B3O7S. The molecule has 0 aliphatic heterocycles. The molecule has 0 amide bonds. The molecule has 0 aromatic heterocycles. The standard InChI is InChI=1S/C21H21B3O7S/c1-21(2,12-32(27,28)29)31-20(26)17-6-4-3-5-16(17)19(25)30-18-14(10-23)7-13(9-22)8-15(18)11-24/h3-8H,9-12H2,1-2H3,(H,27,28,29). The summed E-state index contributed by atoms with van der Waals surface area (Å²) in [6.45, 7) is 2.64. The van der Waals surface area contributed by atoms with Crippen LogP contribution in [-0.4, -0.2) is 59.8 Å². The van der Waals surface area contributed by atoms with Crippen molar-refractivity contribution in [2.45, 2.75) is 38.4 Å². The minimum atomic E-state index is -4.40. The lowest BCUT2D eigenvalue weighted by atomic mass is 9.85. The quantitative estimate of drug-likeness (QED) is 0.269. The summed E-state index contributed by atoms with van der Waals surface area (Å²) in [5.41, 5.74) is 0.0409. The van der Waals surface area contributed by atoms with E-state index in [0.717, 1.165) is 5.56 Å². The van der Waals surface area contributed by atoms with Crippen molar-refractivity contribution in [1.29, 1.82) is 0 Å². The van der Waals surface area contributed by atoms with Crippen LogP contribution in [0.2, 0.25) is 0 Å². The molecule has 2 aromatic carbocycles. The van der Waals surface area contributed by atoms with Crippen LogP contribution in [0, 0.1) is 0 Å². The lowest BCUT2D eigenvalue weighted by Gasteiger charge is -2.24. The molecule has 2 rings (SSSR count). The van der Waals surface area contributed by atoms with Crippen molar-refractivity contribution in [3.8, 4) is 5.75 Å². The van der Waals surface area contributed by atoms with E-state index in [4.69, 9.17) is 37.6 Å². The summed E-state index contributed by atoms with van der Waals surface area (Å²) in [7, 11) is 12.9. The van der Waals surface area contributed by atoms with Crippen molar-refractivity contribution in [2.24, 2.45) is 0 Å². The molecule has 7 nitrogen and oxygen atoms in total. The average molecular weight is 450 g/mol. The van der Waals surface area contributed by atoms with E-state index in [1.807, 2.05) is 0 Å². The molecule has 6 radical (unpaired) electrons. The molecule has 32 heavy (non-hydrogen) atoms. The van der Waals surface area contributed by atoms with E-state index in [0.29, 0.717) is 11.1 Å². The van der Waals surface area contributed by atoms with Crippen LogP contribution in [0.4, 0.5) is 0 Å². The topological polar surface area (TPSA) is 107 Å². The van der Waals surface area contributed by atoms with Gasteiger partial charge in [-0.2, -0.15) is 8.42 Å². The molecular weight excluding hydrogens is 429 g/mol. The second-order valence-corrected chi connectivity index (χ2v) is 9.12. The van der Waals surface area contributed by atoms with E-state index in [1.165, 1.54) is 38.1 Å². The zero-order valence-electron chi connectivity index (χ0n) is 17.8. The van der Waals surface area contributed by atoms with E-state index in [2.05, 4.69) is 0 Å². The Morgan fingerprint density at radius 1 is 0.938 bits per heavy atom. The molecule has 0 spiro atoms. The summed E-state index contributed by atoms with van der Waals surface area (Å²) in [5, 5.41) is 0. The first kappa shape index (κ1) is 25.7. The summed E-state index contributed by atoms with van der Waals surface area (Å²) in [4.78, 5) is 25.6. The second-order valence-electron chi connectivity index (χ2n) is 7.67. The zero-order valence-corrected chi connectivity index (χ0v) is 18.6. The molecule has 0 heterocycles. The van der Waals surface area contributed by atoms with Crippen LogP contribution in [0.1, 0.15) is 51.3 Å². The highest BCUT2D eigenvalue weighted by Crippen LogP contribution is 2.28. The maximum absolute atomic E-state index is 13.0. The van der Waals surface area contributed by atoms with Gasteiger partial charge in [0.05, 0.1) is 34.7 Å². The number of hydrogen-bond acceptors (Lipinski definition) is 6. The maximum atomic E-state index is 13.0. The molecule has 0 aliphatic rings. The summed E-state index contributed by atoms with van der Waals surface area (Å²) < 4.78 is 42.2. The number of rotatable bonds is 9.